The largest absolute Gasteiger partial charge is 0.271 e. The summed E-state index contributed by atoms with van der Waals surface area (Å²) in [6.07, 6.45) is 0. The highest BCUT2D eigenvalue weighted by Gasteiger charge is 2.06. The molecule has 3 nitrogen and oxygen atoms in total. The minimum absolute atomic E-state index is 0.247. The molecule has 0 spiro atoms. The number of carbonyl (C=O) groups excluding carboxylic acids is 1. The fourth-order valence-electron chi connectivity index (χ4n) is 1.39. The fourth-order valence-corrected chi connectivity index (χ4v) is 2.78. The lowest BCUT2D eigenvalue weighted by atomic mass is 10.2. The molecular weight excluding hydrogens is 348 g/mol. The second-order valence-electron chi connectivity index (χ2n) is 3.75. The zero-order valence-corrected chi connectivity index (χ0v) is 13.1. The van der Waals surface area contributed by atoms with Crippen LogP contribution in [0.3, 0.4) is 0 Å². The summed E-state index contributed by atoms with van der Waals surface area (Å²) in [4.78, 5) is 12.8. The van der Waals surface area contributed by atoms with Crippen molar-refractivity contribution in [1.82, 2.24) is 5.43 Å². The smallest absolute Gasteiger partial charge is 0.267 e. The number of rotatable bonds is 3. The van der Waals surface area contributed by atoms with Crippen LogP contribution in [0, 0.1) is 0 Å². The van der Waals surface area contributed by atoms with E-state index in [1.807, 2.05) is 19.1 Å². The van der Waals surface area contributed by atoms with E-state index in [1.165, 1.54) is 11.3 Å². The van der Waals surface area contributed by atoms with Crippen LogP contribution in [0.4, 0.5) is 0 Å². The van der Waals surface area contributed by atoms with Gasteiger partial charge in [-0.2, -0.15) is 5.10 Å². The second kappa shape index (κ2) is 6.32. The van der Waals surface area contributed by atoms with E-state index >= 15 is 0 Å². The number of hydrazone groups is 1. The van der Waals surface area contributed by atoms with Gasteiger partial charge in [0.1, 0.15) is 0 Å². The Morgan fingerprint density at radius 1 is 1.37 bits per heavy atom. The first-order chi connectivity index (χ1) is 9.06. The molecule has 1 N–H and O–H groups in total. The maximum atomic E-state index is 11.9. The molecule has 0 saturated heterocycles. The normalized spacial score (nSPS) is 11.4. The number of hydrogen-bond acceptors (Lipinski definition) is 3. The summed E-state index contributed by atoms with van der Waals surface area (Å²) < 4.78 is 1.55. The van der Waals surface area contributed by atoms with E-state index < -0.39 is 0 Å². The Bertz CT molecular complexity index is 639. The van der Waals surface area contributed by atoms with E-state index in [-0.39, 0.29) is 5.91 Å². The minimum atomic E-state index is -0.247. The van der Waals surface area contributed by atoms with Crippen molar-refractivity contribution in [2.24, 2.45) is 5.10 Å². The Balaban J connectivity index is 2.07. The van der Waals surface area contributed by atoms with Crippen molar-refractivity contribution >= 4 is 50.5 Å². The summed E-state index contributed by atoms with van der Waals surface area (Å²) in [5.74, 6) is -0.247. The lowest BCUT2D eigenvalue weighted by molar-refractivity contribution is 0.0955. The Kier molecular flexibility index (Phi) is 4.74. The number of hydrogen-bond donors (Lipinski definition) is 1. The molecule has 0 aliphatic carbocycles. The van der Waals surface area contributed by atoms with E-state index in [9.17, 15) is 4.79 Å². The highest BCUT2D eigenvalue weighted by Crippen LogP contribution is 2.21. The van der Waals surface area contributed by atoms with Crippen molar-refractivity contribution in [2.75, 3.05) is 0 Å². The summed E-state index contributed by atoms with van der Waals surface area (Å²) in [7, 11) is 0. The van der Waals surface area contributed by atoms with Crippen LogP contribution in [0.25, 0.3) is 0 Å². The van der Waals surface area contributed by atoms with Crippen LogP contribution in [0.1, 0.15) is 22.2 Å². The number of amides is 1. The summed E-state index contributed by atoms with van der Waals surface area (Å²) in [5, 5.41) is 4.07. The molecule has 1 aromatic heterocycles. The minimum Gasteiger partial charge on any atom is -0.267 e. The van der Waals surface area contributed by atoms with Gasteiger partial charge in [-0.3, -0.25) is 4.79 Å². The Labute approximate surface area is 128 Å². The summed E-state index contributed by atoms with van der Waals surface area (Å²) in [6.45, 7) is 1.82. The van der Waals surface area contributed by atoms with Crippen LogP contribution in [-0.4, -0.2) is 11.6 Å². The van der Waals surface area contributed by atoms with Gasteiger partial charge in [0, 0.05) is 10.0 Å². The van der Waals surface area contributed by atoms with E-state index in [2.05, 4.69) is 26.5 Å². The van der Waals surface area contributed by atoms with Crippen molar-refractivity contribution in [3.05, 3.63) is 55.6 Å². The SMILES string of the molecule is CC(=NNC(=O)c1cccc(Br)c1)c1ccc(Cl)s1. The molecule has 2 rings (SSSR count). The Morgan fingerprint density at radius 3 is 2.79 bits per heavy atom. The molecule has 0 radical (unpaired) electrons. The standard InChI is InChI=1S/C13H10BrClN2OS/c1-8(11-5-6-12(15)19-11)16-17-13(18)9-3-2-4-10(14)7-9/h2-7H,1H3,(H,17,18). The monoisotopic (exact) mass is 356 g/mol. The average Bonchev–Trinajstić information content (AvgIpc) is 2.82. The molecule has 0 saturated carbocycles. The average molecular weight is 358 g/mol. The number of carbonyl (C=O) groups is 1. The van der Waals surface area contributed by atoms with Crippen molar-refractivity contribution < 1.29 is 4.79 Å². The predicted molar refractivity (Wildman–Crippen MR) is 83.1 cm³/mol. The van der Waals surface area contributed by atoms with Gasteiger partial charge in [-0.15, -0.1) is 11.3 Å². The highest BCUT2D eigenvalue weighted by molar-refractivity contribution is 9.10. The molecule has 0 atom stereocenters. The van der Waals surface area contributed by atoms with E-state index in [0.29, 0.717) is 9.90 Å². The van der Waals surface area contributed by atoms with Crippen molar-refractivity contribution in [3.8, 4) is 0 Å². The molecular formula is C13H10BrClN2OS. The molecule has 6 heteroatoms. The van der Waals surface area contributed by atoms with Crippen LogP contribution in [-0.2, 0) is 0 Å². The topological polar surface area (TPSA) is 41.5 Å². The molecule has 0 fully saturated rings. The van der Waals surface area contributed by atoms with Crippen LogP contribution in [0.15, 0.2) is 46.0 Å². The summed E-state index contributed by atoms with van der Waals surface area (Å²) in [5.41, 5.74) is 3.80. The zero-order valence-electron chi connectivity index (χ0n) is 9.98. The van der Waals surface area contributed by atoms with Crippen LogP contribution >= 0.6 is 38.9 Å². The van der Waals surface area contributed by atoms with Gasteiger partial charge < -0.3 is 0 Å². The summed E-state index contributed by atoms with van der Waals surface area (Å²) >= 11 is 10.6. The van der Waals surface area contributed by atoms with Crippen LogP contribution in [0.5, 0.6) is 0 Å². The van der Waals surface area contributed by atoms with Gasteiger partial charge in [-0.05, 0) is 37.3 Å². The molecule has 0 aliphatic rings. The second-order valence-corrected chi connectivity index (χ2v) is 6.38. The number of nitrogens with one attached hydrogen (secondary N) is 1. The van der Waals surface area contributed by atoms with Gasteiger partial charge in [-0.25, -0.2) is 5.43 Å². The third kappa shape index (κ3) is 3.89. The highest BCUT2D eigenvalue weighted by atomic mass is 79.9. The van der Waals surface area contributed by atoms with Gasteiger partial charge >= 0.3 is 0 Å². The van der Waals surface area contributed by atoms with Gasteiger partial charge in [0.2, 0.25) is 0 Å². The van der Waals surface area contributed by atoms with E-state index in [0.717, 1.165) is 15.1 Å². The molecule has 1 amide bonds. The van der Waals surface area contributed by atoms with Gasteiger partial charge in [-0.1, -0.05) is 33.6 Å². The molecule has 98 valence electrons. The number of nitrogens with zero attached hydrogens (tertiary/aromatic N) is 1. The molecule has 1 aromatic carbocycles. The molecule has 0 unspecified atom stereocenters. The summed E-state index contributed by atoms with van der Waals surface area (Å²) in [6, 6.07) is 10.8. The number of benzene rings is 1. The fraction of sp³-hybridized carbons (Fsp3) is 0.0769. The molecule has 0 bridgehead atoms. The molecule has 1 heterocycles. The number of thiophene rings is 1. The van der Waals surface area contributed by atoms with Gasteiger partial charge in [0.15, 0.2) is 0 Å². The third-order valence-electron chi connectivity index (χ3n) is 2.34. The zero-order chi connectivity index (χ0) is 13.8. The maximum Gasteiger partial charge on any atom is 0.271 e. The van der Waals surface area contributed by atoms with E-state index in [1.54, 1.807) is 24.3 Å². The van der Waals surface area contributed by atoms with Gasteiger partial charge in [0.05, 0.1) is 14.9 Å². The first-order valence-corrected chi connectivity index (χ1v) is 7.41. The third-order valence-corrected chi connectivity index (χ3v) is 4.17. The van der Waals surface area contributed by atoms with Gasteiger partial charge in [0.25, 0.3) is 5.91 Å². The molecule has 2 aromatic rings. The van der Waals surface area contributed by atoms with Crippen LogP contribution < -0.4 is 5.43 Å². The van der Waals surface area contributed by atoms with E-state index in [4.69, 9.17) is 11.6 Å². The first-order valence-electron chi connectivity index (χ1n) is 5.42. The van der Waals surface area contributed by atoms with Crippen molar-refractivity contribution in [3.63, 3.8) is 0 Å². The molecule has 0 aliphatic heterocycles. The quantitative estimate of drug-likeness (QED) is 0.645. The molecule has 19 heavy (non-hydrogen) atoms. The first kappa shape index (κ1) is 14.2. The van der Waals surface area contributed by atoms with Crippen molar-refractivity contribution in [1.29, 1.82) is 0 Å². The predicted octanol–water partition coefficient (Wildman–Crippen LogP) is 4.32. The lowest BCUT2D eigenvalue weighted by Crippen LogP contribution is -2.19. The maximum absolute atomic E-state index is 11.9. The van der Waals surface area contributed by atoms with Crippen molar-refractivity contribution in [2.45, 2.75) is 6.92 Å². The Hall–Kier alpha value is -1.17. The number of halogens is 2. The lowest BCUT2D eigenvalue weighted by Gasteiger charge is -2.01. The van der Waals surface area contributed by atoms with Crippen LogP contribution in [0.2, 0.25) is 4.34 Å². The Morgan fingerprint density at radius 2 is 2.16 bits per heavy atom.